The summed E-state index contributed by atoms with van der Waals surface area (Å²) in [6.45, 7) is 7.71. The number of likely N-dealkylation sites (N-methyl/N-ethyl adjacent to an activating group) is 3. The van der Waals surface area contributed by atoms with Gasteiger partial charge in [0.15, 0.2) is 0 Å². The van der Waals surface area contributed by atoms with Gasteiger partial charge in [-0.3, -0.25) is 4.79 Å². The molecule has 0 aromatic heterocycles. The molecule has 4 heteroatoms. The van der Waals surface area contributed by atoms with Gasteiger partial charge < -0.3 is 14.7 Å². The highest BCUT2D eigenvalue weighted by Gasteiger charge is 2.12. The third-order valence-corrected chi connectivity index (χ3v) is 2.62. The summed E-state index contributed by atoms with van der Waals surface area (Å²) in [5.41, 5.74) is 0. The predicted molar refractivity (Wildman–Crippen MR) is 68.5 cm³/mol. The van der Waals surface area contributed by atoms with Crippen LogP contribution in [0.2, 0.25) is 0 Å². The molecule has 0 bridgehead atoms. The lowest BCUT2D eigenvalue weighted by atomic mass is 10.2. The van der Waals surface area contributed by atoms with Crippen molar-refractivity contribution in [2.45, 2.75) is 13.8 Å². The molecule has 0 saturated heterocycles. The molecule has 16 heavy (non-hydrogen) atoms. The maximum absolute atomic E-state index is 11.6. The zero-order valence-corrected chi connectivity index (χ0v) is 11.7. The molecule has 0 aromatic carbocycles. The fourth-order valence-electron chi connectivity index (χ4n) is 1.35. The zero-order valence-electron chi connectivity index (χ0n) is 11.7. The van der Waals surface area contributed by atoms with Crippen LogP contribution in [0.15, 0.2) is 0 Å². The van der Waals surface area contributed by atoms with Gasteiger partial charge in [0.2, 0.25) is 5.91 Å². The smallest absolute Gasteiger partial charge is 0.224 e. The van der Waals surface area contributed by atoms with Crippen molar-refractivity contribution in [3.05, 3.63) is 0 Å². The molecule has 0 atom stereocenters. The zero-order chi connectivity index (χ0) is 12.7. The van der Waals surface area contributed by atoms with Crippen molar-refractivity contribution < 1.29 is 4.79 Å². The lowest BCUT2D eigenvalue weighted by molar-refractivity contribution is -0.133. The van der Waals surface area contributed by atoms with E-state index in [-0.39, 0.29) is 11.8 Å². The van der Waals surface area contributed by atoms with Crippen LogP contribution in [0.5, 0.6) is 0 Å². The number of hydrogen-bond donors (Lipinski definition) is 0. The number of carbonyl (C=O) groups is 1. The van der Waals surface area contributed by atoms with Crippen LogP contribution in [0, 0.1) is 5.92 Å². The molecule has 0 rings (SSSR count). The van der Waals surface area contributed by atoms with E-state index in [9.17, 15) is 4.79 Å². The molecule has 0 heterocycles. The fraction of sp³-hybridized carbons (Fsp3) is 0.917. The van der Waals surface area contributed by atoms with Gasteiger partial charge in [-0.1, -0.05) is 13.8 Å². The molecule has 96 valence electrons. The van der Waals surface area contributed by atoms with Crippen LogP contribution < -0.4 is 0 Å². The Morgan fingerprint density at radius 2 is 1.44 bits per heavy atom. The summed E-state index contributed by atoms with van der Waals surface area (Å²) in [5, 5.41) is 0. The van der Waals surface area contributed by atoms with Crippen LogP contribution in [-0.4, -0.2) is 75.0 Å². The number of rotatable bonds is 7. The molecule has 0 aliphatic rings. The van der Waals surface area contributed by atoms with Gasteiger partial charge >= 0.3 is 0 Å². The molecular weight excluding hydrogens is 202 g/mol. The van der Waals surface area contributed by atoms with E-state index in [1.54, 1.807) is 0 Å². The third-order valence-electron chi connectivity index (χ3n) is 2.62. The molecule has 0 spiro atoms. The first-order chi connectivity index (χ1) is 7.34. The second-order valence-corrected chi connectivity index (χ2v) is 5.02. The second-order valence-electron chi connectivity index (χ2n) is 5.02. The Bertz CT molecular complexity index is 204. The molecule has 0 N–H and O–H groups in total. The normalized spacial score (nSPS) is 11.6. The number of amides is 1. The summed E-state index contributed by atoms with van der Waals surface area (Å²) < 4.78 is 0. The van der Waals surface area contributed by atoms with Gasteiger partial charge in [0.05, 0.1) is 0 Å². The van der Waals surface area contributed by atoms with E-state index < -0.39 is 0 Å². The van der Waals surface area contributed by atoms with Crippen molar-refractivity contribution in [2.24, 2.45) is 5.92 Å². The lowest BCUT2D eigenvalue weighted by Gasteiger charge is -2.24. The Hall–Kier alpha value is -0.610. The average Bonchev–Trinajstić information content (AvgIpc) is 2.21. The highest BCUT2D eigenvalue weighted by Crippen LogP contribution is 1.98. The van der Waals surface area contributed by atoms with Crippen molar-refractivity contribution >= 4 is 5.91 Å². The first kappa shape index (κ1) is 15.4. The van der Waals surface area contributed by atoms with Crippen LogP contribution in [-0.2, 0) is 4.79 Å². The van der Waals surface area contributed by atoms with Gasteiger partial charge in [-0.2, -0.15) is 0 Å². The summed E-state index contributed by atoms with van der Waals surface area (Å²) in [7, 11) is 8.11. The van der Waals surface area contributed by atoms with Crippen LogP contribution in [0.25, 0.3) is 0 Å². The summed E-state index contributed by atoms with van der Waals surface area (Å²) in [4.78, 5) is 17.9. The Morgan fingerprint density at radius 1 is 0.938 bits per heavy atom. The van der Waals surface area contributed by atoms with Crippen LogP contribution in [0.1, 0.15) is 13.8 Å². The van der Waals surface area contributed by atoms with Crippen molar-refractivity contribution in [3.63, 3.8) is 0 Å². The standard InChI is InChI=1S/C12H27N3O/c1-11(2)12(16)15(6)10-9-14(5)8-7-13(3)4/h11H,7-10H2,1-6H3. The first-order valence-corrected chi connectivity index (χ1v) is 5.92. The van der Waals surface area contributed by atoms with Crippen LogP contribution >= 0.6 is 0 Å². The summed E-state index contributed by atoms with van der Waals surface area (Å²) >= 11 is 0. The Balaban J connectivity index is 3.74. The summed E-state index contributed by atoms with van der Waals surface area (Å²) in [6.07, 6.45) is 0. The molecular formula is C12H27N3O. The first-order valence-electron chi connectivity index (χ1n) is 5.92. The van der Waals surface area contributed by atoms with Gasteiger partial charge in [-0.15, -0.1) is 0 Å². The molecule has 0 aliphatic heterocycles. The molecule has 0 radical (unpaired) electrons. The predicted octanol–water partition coefficient (Wildman–Crippen LogP) is 0.594. The molecule has 0 aromatic rings. The molecule has 0 aliphatic carbocycles. The van der Waals surface area contributed by atoms with Crippen molar-refractivity contribution in [2.75, 3.05) is 54.4 Å². The Labute approximate surface area is 100 Å². The van der Waals surface area contributed by atoms with Gasteiger partial charge in [0, 0.05) is 39.1 Å². The third kappa shape index (κ3) is 6.80. The van der Waals surface area contributed by atoms with E-state index in [0.717, 1.165) is 26.2 Å². The molecule has 0 unspecified atom stereocenters. The number of hydrogen-bond acceptors (Lipinski definition) is 3. The highest BCUT2D eigenvalue weighted by atomic mass is 16.2. The molecule has 0 saturated carbocycles. The minimum absolute atomic E-state index is 0.0945. The minimum Gasteiger partial charge on any atom is -0.344 e. The maximum atomic E-state index is 11.6. The van der Waals surface area contributed by atoms with E-state index in [1.807, 2.05) is 25.8 Å². The summed E-state index contributed by atoms with van der Waals surface area (Å²) in [5.74, 6) is 0.318. The lowest BCUT2D eigenvalue weighted by Crippen LogP contribution is -2.38. The van der Waals surface area contributed by atoms with Gasteiger partial charge in [-0.05, 0) is 21.1 Å². The number of carbonyl (C=O) groups excluding carboxylic acids is 1. The van der Waals surface area contributed by atoms with Crippen LogP contribution in [0.3, 0.4) is 0 Å². The molecule has 0 fully saturated rings. The SMILES string of the molecule is CC(C)C(=O)N(C)CCN(C)CCN(C)C. The fourth-order valence-corrected chi connectivity index (χ4v) is 1.35. The van der Waals surface area contributed by atoms with E-state index in [1.165, 1.54) is 0 Å². The van der Waals surface area contributed by atoms with Gasteiger partial charge in [0.1, 0.15) is 0 Å². The highest BCUT2D eigenvalue weighted by molar-refractivity contribution is 5.77. The average molecular weight is 229 g/mol. The van der Waals surface area contributed by atoms with E-state index in [4.69, 9.17) is 0 Å². The van der Waals surface area contributed by atoms with E-state index in [0.29, 0.717) is 0 Å². The quantitative estimate of drug-likeness (QED) is 0.639. The summed E-state index contributed by atoms with van der Waals surface area (Å²) in [6, 6.07) is 0. The Kier molecular flexibility index (Phi) is 7.34. The molecule has 1 amide bonds. The number of nitrogens with zero attached hydrogens (tertiary/aromatic N) is 3. The van der Waals surface area contributed by atoms with Gasteiger partial charge in [0.25, 0.3) is 0 Å². The maximum Gasteiger partial charge on any atom is 0.224 e. The van der Waals surface area contributed by atoms with Gasteiger partial charge in [-0.25, -0.2) is 0 Å². The van der Waals surface area contributed by atoms with Crippen molar-refractivity contribution in [3.8, 4) is 0 Å². The van der Waals surface area contributed by atoms with E-state index >= 15 is 0 Å². The van der Waals surface area contributed by atoms with Crippen molar-refractivity contribution in [1.29, 1.82) is 0 Å². The Morgan fingerprint density at radius 3 is 1.88 bits per heavy atom. The van der Waals surface area contributed by atoms with Crippen molar-refractivity contribution in [1.82, 2.24) is 14.7 Å². The van der Waals surface area contributed by atoms with Crippen LogP contribution in [0.4, 0.5) is 0 Å². The molecule has 4 nitrogen and oxygen atoms in total. The topological polar surface area (TPSA) is 26.8 Å². The monoisotopic (exact) mass is 229 g/mol. The van der Waals surface area contributed by atoms with E-state index in [2.05, 4.69) is 30.9 Å². The largest absolute Gasteiger partial charge is 0.344 e. The second kappa shape index (κ2) is 7.63. The minimum atomic E-state index is 0.0945.